The van der Waals surface area contributed by atoms with Crippen LogP contribution in [0.15, 0.2) is 82.5 Å². The topological polar surface area (TPSA) is 96.7 Å². The van der Waals surface area contributed by atoms with Crippen molar-refractivity contribution in [2.45, 2.75) is 57.1 Å². The molecule has 11 heteroatoms. The molecule has 0 saturated carbocycles. The molecule has 1 N–H and O–H groups in total. The van der Waals surface area contributed by atoms with E-state index in [1.54, 1.807) is 42.9 Å². The van der Waals surface area contributed by atoms with Gasteiger partial charge in [0.05, 0.1) is 16.4 Å². The third-order valence-electron chi connectivity index (χ3n) is 8.47. The molecule has 44 heavy (non-hydrogen) atoms. The first-order chi connectivity index (χ1) is 21.0. The minimum absolute atomic E-state index is 0.0135. The zero-order valence-electron chi connectivity index (χ0n) is 25.5. The summed E-state index contributed by atoms with van der Waals surface area (Å²) in [7, 11) is -1.31. The van der Waals surface area contributed by atoms with Crippen molar-refractivity contribution in [3.05, 3.63) is 111 Å². The first-order valence-corrected chi connectivity index (χ1v) is 16.5. The quantitative estimate of drug-likeness (QED) is 0.270. The number of nitrogens with one attached hydrogen (secondary N) is 1. The minimum atomic E-state index is -4.31. The van der Waals surface area contributed by atoms with Gasteiger partial charge in [-0.05, 0) is 74.7 Å². The van der Waals surface area contributed by atoms with Crippen LogP contribution >= 0.6 is 11.6 Å². The summed E-state index contributed by atoms with van der Waals surface area (Å²) in [6, 6.07) is 21.8. The van der Waals surface area contributed by atoms with E-state index in [4.69, 9.17) is 11.6 Å². The second-order valence-electron chi connectivity index (χ2n) is 11.3. The van der Waals surface area contributed by atoms with Crippen LogP contribution in [0.25, 0.3) is 5.69 Å². The fourth-order valence-corrected chi connectivity index (χ4v) is 7.45. The van der Waals surface area contributed by atoms with Crippen LogP contribution < -0.4 is 15.2 Å². The van der Waals surface area contributed by atoms with Crippen molar-refractivity contribution in [2.75, 3.05) is 17.9 Å². The number of para-hydroxylation sites is 1. The van der Waals surface area contributed by atoms with Crippen LogP contribution in [0.4, 0.5) is 5.69 Å². The zero-order valence-corrected chi connectivity index (χ0v) is 27.0. The molecule has 0 radical (unpaired) electrons. The lowest BCUT2D eigenvalue weighted by atomic mass is 10.0. The van der Waals surface area contributed by atoms with E-state index in [0.29, 0.717) is 17.4 Å². The number of halogens is 1. The maximum absolute atomic E-state index is 13.8. The molecule has 232 valence electrons. The lowest BCUT2D eigenvalue weighted by Crippen LogP contribution is -2.36. The Morgan fingerprint density at radius 2 is 1.70 bits per heavy atom. The van der Waals surface area contributed by atoms with E-state index in [1.165, 1.54) is 54.8 Å². The van der Waals surface area contributed by atoms with Crippen molar-refractivity contribution >= 4 is 33.2 Å². The molecule has 1 aromatic heterocycles. The lowest BCUT2D eigenvalue weighted by Gasteiger charge is -2.33. The molecule has 4 aromatic rings. The summed E-state index contributed by atoms with van der Waals surface area (Å²) < 4.78 is 31.6. The Kier molecular flexibility index (Phi) is 9.34. The highest BCUT2D eigenvalue weighted by Crippen LogP contribution is 2.29. The van der Waals surface area contributed by atoms with Crippen molar-refractivity contribution in [2.24, 2.45) is 7.05 Å². The molecular weight excluding hydrogens is 598 g/mol. The molecule has 2 heterocycles. The predicted octanol–water partition coefficient (Wildman–Crippen LogP) is 5.27. The van der Waals surface area contributed by atoms with Crippen LogP contribution in [0.2, 0.25) is 5.02 Å². The second kappa shape index (κ2) is 13.0. The summed E-state index contributed by atoms with van der Waals surface area (Å²) in [6.07, 6.45) is 3.75. The number of piperidine rings is 1. The summed E-state index contributed by atoms with van der Waals surface area (Å²) >= 11 is 6.37. The van der Waals surface area contributed by atoms with Crippen LogP contribution in [0.5, 0.6) is 0 Å². The molecule has 1 fully saturated rings. The molecule has 0 aliphatic carbocycles. The van der Waals surface area contributed by atoms with E-state index < -0.39 is 21.5 Å². The van der Waals surface area contributed by atoms with Gasteiger partial charge in [0.2, 0.25) is 0 Å². The predicted molar refractivity (Wildman–Crippen MR) is 174 cm³/mol. The highest BCUT2D eigenvalue weighted by atomic mass is 35.5. The standard InChI is InChI=1S/C33H38ClN5O4S/c1-23-10-8-9-19-38(23)22-26-15-13-25(14-16-26)21-35-32(40)27-17-18-29(34)30(20-27)44(42,43)37(4)31-24(2)36(3)39(33(31)41)28-11-6-5-7-12-28/h5-7,11-18,20,23H,8-10,19,21-22H2,1-4H3,(H,35,40). The fraction of sp³-hybridized carbons (Fsp3) is 0.333. The van der Waals surface area contributed by atoms with E-state index in [-0.39, 0.29) is 27.7 Å². The van der Waals surface area contributed by atoms with Gasteiger partial charge in [0.25, 0.3) is 21.5 Å². The molecule has 5 rings (SSSR count). The molecule has 9 nitrogen and oxygen atoms in total. The number of likely N-dealkylation sites (tertiary alicyclic amines) is 1. The average Bonchev–Trinajstić information content (AvgIpc) is 3.24. The number of carbonyl (C=O) groups is 1. The van der Waals surface area contributed by atoms with Crippen molar-refractivity contribution < 1.29 is 13.2 Å². The lowest BCUT2D eigenvalue weighted by molar-refractivity contribution is 0.0950. The van der Waals surface area contributed by atoms with Crippen molar-refractivity contribution in [1.82, 2.24) is 19.6 Å². The van der Waals surface area contributed by atoms with Crippen LogP contribution in [-0.4, -0.2) is 48.2 Å². The van der Waals surface area contributed by atoms with E-state index >= 15 is 0 Å². The molecular formula is C33H38ClN5O4S. The van der Waals surface area contributed by atoms with E-state index in [9.17, 15) is 18.0 Å². The molecule has 3 aromatic carbocycles. The number of anilines is 1. The molecule has 1 saturated heterocycles. The van der Waals surface area contributed by atoms with E-state index in [2.05, 4.69) is 29.3 Å². The third-order valence-corrected chi connectivity index (χ3v) is 10.7. The van der Waals surface area contributed by atoms with Crippen LogP contribution in [0.1, 0.15) is 53.4 Å². The maximum Gasteiger partial charge on any atom is 0.296 e. The summed E-state index contributed by atoms with van der Waals surface area (Å²) in [5.74, 6) is -0.436. The molecule has 1 aliphatic rings. The molecule has 0 spiro atoms. The summed E-state index contributed by atoms with van der Waals surface area (Å²) in [5.41, 5.74) is 2.85. The Morgan fingerprint density at radius 3 is 2.39 bits per heavy atom. The molecule has 0 bridgehead atoms. The summed E-state index contributed by atoms with van der Waals surface area (Å²) in [6.45, 7) is 6.26. The molecule has 1 unspecified atom stereocenters. The normalized spacial score (nSPS) is 15.7. The van der Waals surface area contributed by atoms with Gasteiger partial charge in [-0.1, -0.05) is 60.5 Å². The summed E-state index contributed by atoms with van der Waals surface area (Å²) in [4.78, 5) is 28.8. The van der Waals surface area contributed by atoms with Crippen LogP contribution in [0.3, 0.4) is 0 Å². The highest BCUT2D eigenvalue weighted by Gasteiger charge is 2.31. The number of benzene rings is 3. The van der Waals surface area contributed by atoms with Crippen LogP contribution in [-0.2, 0) is 30.2 Å². The SMILES string of the molecule is Cc1c(N(C)S(=O)(=O)c2cc(C(=O)NCc3ccc(CN4CCCCC4C)cc3)ccc2Cl)c(=O)n(-c2ccccc2)n1C. The van der Waals surface area contributed by atoms with Crippen molar-refractivity contribution in [3.8, 4) is 5.69 Å². The Labute approximate surface area is 263 Å². The van der Waals surface area contributed by atoms with Gasteiger partial charge in [-0.15, -0.1) is 0 Å². The largest absolute Gasteiger partial charge is 0.348 e. The first kappa shape index (κ1) is 31.6. The number of nitrogens with zero attached hydrogens (tertiary/aromatic N) is 4. The molecule has 1 atom stereocenters. The van der Waals surface area contributed by atoms with Gasteiger partial charge in [0, 0.05) is 38.8 Å². The van der Waals surface area contributed by atoms with Gasteiger partial charge in [0.15, 0.2) is 0 Å². The fourth-order valence-electron chi connectivity index (χ4n) is 5.70. The van der Waals surface area contributed by atoms with Gasteiger partial charge >= 0.3 is 0 Å². The second-order valence-corrected chi connectivity index (χ2v) is 13.7. The molecule has 1 amide bonds. The number of carbonyl (C=O) groups excluding carboxylic acids is 1. The number of amides is 1. The number of rotatable bonds is 9. The van der Waals surface area contributed by atoms with Gasteiger partial charge in [-0.3, -0.25) is 23.5 Å². The maximum atomic E-state index is 13.8. The van der Waals surface area contributed by atoms with Gasteiger partial charge in [0.1, 0.15) is 10.6 Å². The van der Waals surface area contributed by atoms with Gasteiger partial charge < -0.3 is 5.32 Å². The first-order valence-electron chi connectivity index (χ1n) is 14.7. The minimum Gasteiger partial charge on any atom is -0.348 e. The Morgan fingerprint density at radius 1 is 1.02 bits per heavy atom. The number of hydrogen-bond acceptors (Lipinski definition) is 5. The third kappa shape index (κ3) is 6.33. The van der Waals surface area contributed by atoms with Crippen LogP contribution in [0, 0.1) is 6.92 Å². The van der Waals surface area contributed by atoms with E-state index in [1.807, 2.05) is 18.2 Å². The highest BCUT2D eigenvalue weighted by molar-refractivity contribution is 7.93. The average molecular weight is 636 g/mol. The number of hydrogen-bond donors (Lipinski definition) is 1. The van der Waals surface area contributed by atoms with Gasteiger partial charge in [-0.2, -0.15) is 0 Å². The smallest absolute Gasteiger partial charge is 0.296 e. The Hall–Kier alpha value is -3.86. The number of aromatic nitrogens is 2. The Balaban J connectivity index is 1.32. The van der Waals surface area contributed by atoms with E-state index in [0.717, 1.165) is 23.0 Å². The summed E-state index contributed by atoms with van der Waals surface area (Å²) in [5, 5.41) is 2.82. The van der Waals surface area contributed by atoms with Crippen molar-refractivity contribution in [1.29, 1.82) is 0 Å². The number of sulfonamides is 1. The van der Waals surface area contributed by atoms with Crippen molar-refractivity contribution in [3.63, 3.8) is 0 Å². The Bertz CT molecular complexity index is 1820. The van der Waals surface area contributed by atoms with Gasteiger partial charge in [-0.25, -0.2) is 13.1 Å². The zero-order chi connectivity index (χ0) is 31.6. The monoisotopic (exact) mass is 635 g/mol. The molecule has 1 aliphatic heterocycles.